The number of benzene rings is 1. The third kappa shape index (κ3) is 2.77. The van der Waals surface area contributed by atoms with Crippen molar-refractivity contribution in [2.24, 2.45) is 0 Å². The monoisotopic (exact) mass is 197 g/mol. The van der Waals surface area contributed by atoms with Crippen LogP contribution in [0.1, 0.15) is 6.92 Å². The van der Waals surface area contributed by atoms with Crippen molar-refractivity contribution in [3.8, 4) is 6.07 Å². The topological polar surface area (TPSA) is 23.8 Å². The molecule has 0 bridgehead atoms. The van der Waals surface area contributed by atoms with Crippen molar-refractivity contribution in [2.75, 3.05) is 0 Å². The van der Waals surface area contributed by atoms with E-state index in [-0.39, 0.29) is 5.25 Å². The average molecular weight is 198 g/mol. The minimum atomic E-state index is -0.00817. The minimum Gasteiger partial charge on any atom is -0.197 e. The van der Waals surface area contributed by atoms with Gasteiger partial charge in [0, 0.05) is 9.92 Å². The highest BCUT2D eigenvalue weighted by molar-refractivity contribution is 8.00. The standard InChI is InChI=1S/C9H8ClNS/c1-7(6-11)12-9-4-2-8(10)3-5-9/h2-5,7H,1H3/t7-/m1/s1. The molecule has 3 heteroatoms. The predicted molar refractivity (Wildman–Crippen MR) is 52.4 cm³/mol. The smallest absolute Gasteiger partial charge is 0.0935 e. The summed E-state index contributed by atoms with van der Waals surface area (Å²) in [5, 5.41) is 9.27. The van der Waals surface area contributed by atoms with Crippen molar-refractivity contribution in [3.05, 3.63) is 29.3 Å². The molecule has 0 aliphatic heterocycles. The summed E-state index contributed by atoms with van der Waals surface area (Å²) >= 11 is 7.24. The van der Waals surface area contributed by atoms with Crippen LogP contribution in [0.15, 0.2) is 29.2 Å². The molecule has 1 atom stereocenters. The van der Waals surface area contributed by atoms with E-state index >= 15 is 0 Å². The second-order valence-corrected chi connectivity index (χ2v) is 4.19. The van der Waals surface area contributed by atoms with Crippen LogP contribution in [-0.4, -0.2) is 5.25 Å². The molecule has 0 N–H and O–H groups in total. The zero-order chi connectivity index (χ0) is 8.97. The first-order chi connectivity index (χ1) is 5.72. The number of thioether (sulfide) groups is 1. The number of halogens is 1. The lowest BCUT2D eigenvalue weighted by Gasteiger charge is -2.01. The van der Waals surface area contributed by atoms with Crippen LogP contribution in [0.5, 0.6) is 0 Å². The maximum Gasteiger partial charge on any atom is 0.0935 e. The summed E-state index contributed by atoms with van der Waals surface area (Å²) in [7, 11) is 0. The first-order valence-electron chi connectivity index (χ1n) is 3.54. The summed E-state index contributed by atoms with van der Waals surface area (Å²) in [5.74, 6) is 0. The number of hydrogen-bond acceptors (Lipinski definition) is 2. The molecular weight excluding hydrogens is 190 g/mol. The second kappa shape index (κ2) is 4.39. The van der Waals surface area contributed by atoms with Gasteiger partial charge in [0.15, 0.2) is 0 Å². The van der Waals surface area contributed by atoms with E-state index in [2.05, 4.69) is 6.07 Å². The first kappa shape index (κ1) is 9.44. The Labute approximate surface area is 81.3 Å². The van der Waals surface area contributed by atoms with Crippen molar-refractivity contribution in [2.45, 2.75) is 17.1 Å². The maximum atomic E-state index is 8.55. The Bertz CT molecular complexity index is 288. The van der Waals surface area contributed by atoms with Gasteiger partial charge in [0.25, 0.3) is 0 Å². The number of hydrogen-bond donors (Lipinski definition) is 0. The average Bonchev–Trinajstić information content (AvgIpc) is 2.09. The molecule has 1 aromatic carbocycles. The molecule has 0 unspecified atom stereocenters. The number of nitriles is 1. The Balaban J connectivity index is 2.66. The molecule has 1 rings (SSSR count). The molecular formula is C9H8ClNS. The van der Waals surface area contributed by atoms with E-state index in [1.165, 1.54) is 11.8 Å². The van der Waals surface area contributed by atoms with Crippen LogP contribution in [-0.2, 0) is 0 Å². The highest BCUT2D eigenvalue weighted by Gasteiger charge is 2.00. The highest BCUT2D eigenvalue weighted by atomic mass is 35.5. The van der Waals surface area contributed by atoms with Crippen LogP contribution in [0.3, 0.4) is 0 Å². The van der Waals surface area contributed by atoms with Crippen molar-refractivity contribution >= 4 is 23.4 Å². The van der Waals surface area contributed by atoms with Crippen LogP contribution in [0.2, 0.25) is 5.02 Å². The van der Waals surface area contributed by atoms with Gasteiger partial charge in [0.05, 0.1) is 11.3 Å². The van der Waals surface area contributed by atoms with Crippen LogP contribution in [0.4, 0.5) is 0 Å². The van der Waals surface area contributed by atoms with Gasteiger partial charge in [-0.3, -0.25) is 0 Å². The molecule has 0 aliphatic carbocycles. The fourth-order valence-electron chi connectivity index (χ4n) is 0.744. The Morgan fingerprint density at radius 2 is 2.00 bits per heavy atom. The quantitative estimate of drug-likeness (QED) is 0.679. The third-order valence-corrected chi connectivity index (χ3v) is 2.56. The summed E-state index contributed by atoms with van der Waals surface area (Å²) < 4.78 is 0. The van der Waals surface area contributed by atoms with Crippen LogP contribution in [0.25, 0.3) is 0 Å². The first-order valence-corrected chi connectivity index (χ1v) is 4.80. The zero-order valence-electron chi connectivity index (χ0n) is 6.62. The van der Waals surface area contributed by atoms with E-state index in [0.717, 1.165) is 9.92 Å². The van der Waals surface area contributed by atoms with Crippen molar-refractivity contribution in [1.82, 2.24) is 0 Å². The van der Waals surface area contributed by atoms with Gasteiger partial charge >= 0.3 is 0 Å². The van der Waals surface area contributed by atoms with Gasteiger partial charge in [-0.05, 0) is 31.2 Å². The molecule has 0 aromatic heterocycles. The van der Waals surface area contributed by atoms with Gasteiger partial charge in [-0.1, -0.05) is 11.6 Å². The SMILES string of the molecule is C[C@H](C#N)Sc1ccc(Cl)cc1. The second-order valence-electron chi connectivity index (χ2n) is 2.34. The number of rotatable bonds is 2. The van der Waals surface area contributed by atoms with Gasteiger partial charge in [-0.2, -0.15) is 5.26 Å². The van der Waals surface area contributed by atoms with Crippen molar-refractivity contribution < 1.29 is 0 Å². The third-order valence-electron chi connectivity index (χ3n) is 1.31. The van der Waals surface area contributed by atoms with Crippen LogP contribution < -0.4 is 0 Å². The largest absolute Gasteiger partial charge is 0.197 e. The summed E-state index contributed by atoms with van der Waals surface area (Å²) in [4.78, 5) is 1.08. The van der Waals surface area contributed by atoms with E-state index in [1.54, 1.807) is 0 Å². The Kier molecular flexibility index (Phi) is 3.46. The van der Waals surface area contributed by atoms with Gasteiger partial charge in [0.2, 0.25) is 0 Å². The molecule has 62 valence electrons. The van der Waals surface area contributed by atoms with Crippen molar-refractivity contribution in [3.63, 3.8) is 0 Å². The fourth-order valence-corrected chi connectivity index (χ4v) is 1.62. The fraction of sp³-hybridized carbons (Fsp3) is 0.222. The van der Waals surface area contributed by atoms with E-state index in [0.29, 0.717) is 0 Å². The molecule has 0 heterocycles. The molecule has 0 aliphatic rings. The summed E-state index contributed by atoms with van der Waals surface area (Å²) in [6.07, 6.45) is 0. The van der Waals surface area contributed by atoms with Crippen molar-refractivity contribution in [1.29, 1.82) is 5.26 Å². The minimum absolute atomic E-state index is 0.00817. The molecule has 0 saturated heterocycles. The normalized spacial score (nSPS) is 12.1. The predicted octanol–water partition coefficient (Wildman–Crippen LogP) is 3.34. The molecule has 12 heavy (non-hydrogen) atoms. The molecule has 1 nitrogen and oxygen atoms in total. The maximum absolute atomic E-state index is 8.55. The van der Waals surface area contributed by atoms with E-state index in [4.69, 9.17) is 16.9 Å². The van der Waals surface area contributed by atoms with E-state index < -0.39 is 0 Å². The molecule has 0 amide bonds. The van der Waals surface area contributed by atoms with E-state index in [9.17, 15) is 0 Å². The van der Waals surface area contributed by atoms with E-state index in [1.807, 2.05) is 31.2 Å². The lowest BCUT2D eigenvalue weighted by atomic mass is 10.4. The zero-order valence-corrected chi connectivity index (χ0v) is 8.19. The summed E-state index contributed by atoms with van der Waals surface area (Å²) in [6.45, 7) is 1.87. The van der Waals surface area contributed by atoms with Gasteiger partial charge in [0.1, 0.15) is 0 Å². The highest BCUT2D eigenvalue weighted by Crippen LogP contribution is 2.23. The Morgan fingerprint density at radius 1 is 1.42 bits per heavy atom. The van der Waals surface area contributed by atoms with Gasteiger partial charge < -0.3 is 0 Å². The molecule has 0 radical (unpaired) electrons. The van der Waals surface area contributed by atoms with Gasteiger partial charge in [-0.15, -0.1) is 11.8 Å². The lowest BCUT2D eigenvalue weighted by Crippen LogP contribution is -1.88. The Hall–Kier alpha value is -0.650. The molecule has 0 fully saturated rings. The van der Waals surface area contributed by atoms with Crippen LogP contribution in [0, 0.1) is 11.3 Å². The van der Waals surface area contributed by atoms with Gasteiger partial charge in [-0.25, -0.2) is 0 Å². The number of nitrogens with zero attached hydrogens (tertiary/aromatic N) is 1. The summed E-state index contributed by atoms with van der Waals surface area (Å²) in [5.41, 5.74) is 0. The Morgan fingerprint density at radius 3 is 2.50 bits per heavy atom. The van der Waals surface area contributed by atoms with Crippen LogP contribution >= 0.6 is 23.4 Å². The molecule has 0 spiro atoms. The molecule has 0 saturated carbocycles. The summed E-state index contributed by atoms with van der Waals surface area (Å²) in [6, 6.07) is 9.65. The molecule has 1 aromatic rings. The lowest BCUT2D eigenvalue weighted by molar-refractivity contribution is 1.23.